The summed E-state index contributed by atoms with van der Waals surface area (Å²) >= 11 is 0. The number of hydrogen-bond donors (Lipinski definition) is 0. The lowest BCUT2D eigenvalue weighted by atomic mass is 9.85. The van der Waals surface area contributed by atoms with Crippen molar-refractivity contribution in [2.75, 3.05) is 0 Å². The number of fused-ring (bicyclic) bond motifs is 7. The molecule has 1 aromatic heterocycles. The zero-order chi connectivity index (χ0) is 31.6. The maximum absolute atomic E-state index is 5.05. The first-order valence-corrected chi connectivity index (χ1v) is 16.5. The van der Waals surface area contributed by atoms with E-state index < -0.39 is 0 Å². The van der Waals surface area contributed by atoms with E-state index in [0.717, 1.165) is 16.8 Å². The first-order valence-electron chi connectivity index (χ1n) is 16.5. The molecule has 0 amide bonds. The summed E-state index contributed by atoms with van der Waals surface area (Å²) in [5.74, 6) is 0. The van der Waals surface area contributed by atoms with Gasteiger partial charge in [-0.3, -0.25) is 4.98 Å². The van der Waals surface area contributed by atoms with E-state index in [9.17, 15) is 0 Å². The molecular formula is C47H29N. The molecular weight excluding hydrogens is 579 g/mol. The summed E-state index contributed by atoms with van der Waals surface area (Å²) in [5, 5.41) is 15.0. The molecule has 0 aliphatic heterocycles. The third-order valence-corrected chi connectivity index (χ3v) is 10.0. The number of rotatable bonds is 3. The van der Waals surface area contributed by atoms with Gasteiger partial charge in [-0.15, -0.1) is 0 Å². The molecule has 0 spiro atoms. The molecule has 0 unspecified atom stereocenters. The smallest absolute Gasteiger partial charge is 0.0708 e. The second-order valence-corrected chi connectivity index (χ2v) is 12.7. The molecule has 10 aromatic rings. The maximum Gasteiger partial charge on any atom is 0.0708 e. The predicted molar refractivity (Wildman–Crippen MR) is 206 cm³/mol. The van der Waals surface area contributed by atoms with Crippen molar-refractivity contribution < 1.29 is 0 Å². The van der Waals surface area contributed by atoms with Gasteiger partial charge in [0.15, 0.2) is 0 Å². The Morgan fingerprint density at radius 1 is 0.292 bits per heavy atom. The van der Waals surface area contributed by atoms with Crippen LogP contribution in [0.25, 0.3) is 98.1 Å². The summed E-state index contributed by atoms with van der Waals surface area (Å²) in [7, 11) is 0. The number of nitrogens with zero attached hydrogens (tertiary/aromatic N) is 1. The van der Waals surface area contributed by atoms with Gasteiger partial charge in [0.2, 0.25) is 0 Å². The van der Waals surface area contributed by atoms with Crippen LogP contribution in [0.15, 0.2) is 176 Å². The highest BCUT2D eigenvalue weighted by Crippen LogP contribution is 2.44. The van der Waals surface area contributed by atoms with Crippen molar-refractivity contribution in [2.24, 2.45) is 0 Å². The van der Waals surface area contributed by atoms with Crippen molar-refractivity contribution in [1.82, 2.24) is 4.98 Å². The lowest BCUT2D eigenvalue weighted by Gasteiger charge is -2.18. The van der Waals surface area contributed by atoms with Crippen LogP contribution in [-0.4, -0.2) is 4.98 Å². The van der Waals surface area contributed by atoms with E-state index in [-0.39, 0.29) is 0 Å². The molecule has 0 N–H and O–H groups in total. The van der Waals surface area contributed by atoms with Crippen LogP contribution in [0.2, 0.25) is 0 Å². The van der Waals surface area contributed by atoms with Crippen LogP contribution in [0.3, 0.4) is 0 Å². The van der Waals surface area contributed by atoms with E-state index in [1.807, 2.05) is 0 Å². The van der Waals surface area contributed by atoms with Gasteiger partial charge in [0.1, 0.15) is 0 Å². The minimum Gasteiger partial charge on any atom is -0.256 e. The van der Waals surface area contributed by atoms with Gasteiger partial charge >= 0.3 is 0 Å². The summed E-state index contributed by atoms with van der Waals surface area (Å²) < 4.78 is 0. The van der Waals surface area contributed by atoms with Crippen LogP contribution in [0, 0.1) is 0 Å². The van der Waals surface area contributed by atoms with Crippen molar-refractivity contribution in [1.29, 1.82) is 0 Å². The fourth-order valence-corrected chi connectivity index (χ4v) is 7.81. The molecule has 0 radical (unpaired) electrons. The third-order valence-electron chi connectivity index (χ3n) is 10.0. The van der Waals surface area contributed by atoms with Crippen LogP contribution >= 0.6 is 0 Å². The summed E-state index contributed by atoms with van der Waals surface area (Å²) in [6.07, 6.45) is 2.05. The Hall–Kier alpha value is -6.31. The highest BCUT2D eigenvalue weighted by molar-refractivity contribution is 6.22. The lowest BCUT2D eigenvalue weighted by Crippen LogP contribution is -1.92. The summed E-state index contributed by atoms with van der Waals surface area (Å²) in [6, 6.07) is 61.9. The van der Waals surface area contributed by atoms with Crippen LogP contribution in [0.1, 0.15) is 0 Å². The third kappa shape index (κ3) is 4.15. The Balaban J connectivity index is 1.17. The zero-order valence-electron chi connectivity index (χ0n) is 26.2. The monoisotopic (exact) mass is 607 g/mol. The van der Waals surface area contributed by atoms with Gasteiger partial charge in [-0.1, -0.05) is 146 Å². The van der Waals surface area contributed by atoms with Gasteiger partial charge in [-0.05, 0) is 106 Å². The van der Waals surface area contributed by atoms with Crippen molar-refractivity contribution in [3.8, 4) is 33.5 Å². The Kier molecular flexibility index (Phi) is 5.94. The topological polar surface area (TPSA) is 12.9 Å². The van der Waals surface area contributed by atoms with E-state index in [4.69, 9.17) is 4.98 Å². The van der Waals surface area contributed by atoms with Crippen molar-refractivity contribution in [3.63, 3.8) is 0 Å². The predicted octanol–water partition coefficient (Wildman–Crippen LogP) is 13.0. The van der Waals surface area contributed by atoms with Crippen LogP contribution in [0.4, 0.5) is 0 Å². The zero-order valence-corrected chi connectivity index (χ0v) is 26.2. The van der Waals surface area contributed by atoms with Crippen molar-refractivity contribution >= 4 is 64.6 Å². The molecule has 1 heteroatoms. The quantitative estimate of drug-likeness (QED) is 0.144. The molecule has 0 aliphatic rings. The molecule has 0 aliphatic carbocycles. The molecule has 1 nitrogen and oxygen atoms in total. The fourth-order valence-electron chi connectivity index (χ4n) is 7.81. The molecule has 0 saturated heterocycles. The normalized spacial score (nSPS) is 11.8. The molecule has 1 heterocycles. The average molecular weight is 608 g/mol. The lowest BCUT2D eigenvalue weighted by molar-refractivity contribution is 1.34. The SMILES string of the molecule is c1ccc2c(-c3ccc(-c4c5ccccc5c(-c5ccc6cc7c(ccc8ccccc87)cc6c5)c5ccccc45)cn3)cccc2c1. The van der Waals surface area contributed by atoms with Crippen LogP contribution in [-0.2, 0) is 0 Å². The molecule has 0 fully saturated rings. The number of aromatic nitrogens is 1. The average Bonchev–Trinajstić information content (AvgIpc) is 3.16. The van der Waals surface area contributed by atoms with Crippen molar-refractivity contribution in [2.45, 2.75) is 0 Å². The molecule has 48 heavy (non-hydrogen) atoms. The summed E-state index contributed by atoms with van der Waals surface area (Å²) in [5.41, 5.74) is 6.98. The van der Waals surface area contributed by atoms with Crippen LogP contribution in [0.5, 0.6) is 0 Å². The second kappa shape index (κ2) is 10.6. The molecule has 222 valence electrons. The molecule has 0 saturated carbocycles. The first-order chi connectivity index (χ1) is 23.8. The largest absolute Gasteiger partial charge is 0.256 e. The van der Waals surface area contributed by atoms with Gasteiger partial charge in [-0.25, -0.2) is 0 Å². The number of hydrogen-bond acceptors (Lipinski definition) is 1. The maximum atomic E-state index is 5.05. The molecule has 9 aromatic carbocycles. The van der Waals surface area contributed by atoms with Gasteiger partial charge in [0.25, 0.3) is 0 Å². The van der Waals surface area contributed by atoms with Gasteiger partial charge in [0, 0.05) is 17.3 Å². The Labute approximate surface area is 278 Å². The Morgan fingerprint density at radius 3 is 1.52 bits per heavy atom. The summed E-state index contributed by atoms with van der Waals surface area (Å²) in [6.45, 7) is 0. The highest BCUT2D eigenvalue weighted by atomic mass is 14.7. The highest BCUT2D eigenvalue weighted by Gasteiger charge is 2.17. The molecule has 0 bridgehead atoms. The minimum absolute atomic E-state index is 0.984. The fraction of sp³-hybridized carbons (Fsp3) is 0. The van der Waals surface area contributed by atoms with Crippen molar-refractivity contribution in [3.05, 3.63) is 176 Å². The van der Waals surface area contributed by atoms with E-state index >= 15 is 0 Å². The summed E-state index contributed by atoms with van der Waals surface area (Å²) in [4.78, 5) is 5.05. The first kappa shape index (κ1) is 26.9. The van der Waals surface area contributed by atoms with Gasteiger partial charge in [-0.2, -0.15) is 0 Å². The van der Waals surface area contributed by atoms with E-state index in [2.05, 4.69) is 176 Å². The van der Waals surface area contributed by atoms with Gasteiger partial charge < -0.3 is 0 Å². The Bertz CT molecular complexity index is 2820. The molecule has 0 atom stereocenters. The second-order valence-electron chi connectivity index (χ2n) is 12.7. The number of benzene rings is 9. The van der Waals surface area contributed by atoms with Crippen LogP contribution < -0.4 is 0 Å². The van der Waals surface area contributed by atoms with E-state index in [0.29, 0.717) is 0 Å². The minimum atomic E-state index is 0.984. The van der Waals surface area contributed by atoms with Gasteiger partial charge in [0.05, 0.1) is 5.69 Å². The standard InChI is InChI=1S/C47H29N/c1-3-13-37-30(10-1)12-9-19-39(37)45-25-24-35(29-48-45)47-42-17-7-5-15-40(42)46(41-16-6-8-18-43(41)47)34-23-21-32-28-44-33(26-36(32)27-34)22-20-31-11-2-4-14-38(31)44/h1-29H. The number of pyridine rings is 1. The van der Waals surface area contributed by atoms with E-state index in [1.165, 1.54) is 81.3 Å². The molecule has 10 rings (SSSR count). The Morgan fingerprint density at radius 2 is 0.833 bits per heavy atom. The van der Waals surface area contributed by atoms with E-state index in [1.54, 1.807) is 0 Å².